The Bertz CT molecular complexity index is 1670. The summed E-state index contributed by atoms with van der Waals surface area (Å²) in [6, 6.07) is 22.8. The molecule has 2 aliphatic rings. The van der Waals surface area contributed by atoms with E-state index in [4.69, 9.17) is 5.26 Å². The normalized spacial score (nSPS) is 15.9. The molecule has 3 amide bonds. The van der Waals surface area contributed by atoms with Crippen LogP contribution in [0.5, 0.6) is 0 Å². The third kappa shape index (κ3) is 12.2. The molecule has 50 heavy (non-hydrogen) atoms. The van der Waals surface area contributed by atoms with Crippen LogP contribution in [0.4, 0.5) is 5.69 Å². The predicted molar refractivity (Wildman–Crippen MR) is 207 cm³/mol. The number of nitrogens with one attached hydrogen (secondary N) is 3. The average molecular weight is 699 g/mol. The summed E-state index contributed by atoms with van der Waals surface area (Å²) in [5.41, 5.74) is 5.15. The zero-order valence-electron chi connectivity index (χ0n) is 30.6. The van der Waals surface area contributed by atoms with Gasteiger partial charge in [-0.2, -0.15) is 5.26 Å². The summed E-state index contributed by atoms with van der Waals surface area (Å²) >= 11 is 1.42. The first-order chi connectivity index (χ1) is 24.1. The van der Waals surface area contributed by atoms with Crippen LogP contribution in [-0.4, -0.2) is 73.0 Å². The monoisotopic (exact) mass is 698 g/mol. The first kappa shape index (κ1) is 40.1. The fourth-order valence-electron chi connectivity index (χ4n) is 5.93. The number of hydrogen-bond donors (Lipinski definition) is 3. The number of thioether (sulfide) groups is 1. The number of amides is 3. The van der Waals surface area contributed by atoms with Crippen molar-refractivity contribution in [2.75, 3.05) is 50.8 Å². The SMILES string of the molecule is C/C(C#N)=C1\SCC(=O)N1C.CC(=O)NC1CCCc2ccccc21.CCCNc1ccc2cc(C(=O)NCCN(CC)CCC)ccc2c1. The molecule has 0 saturated carbocycles. The molecule has 268 valence electrons. The molecule has 9 nitrogen and oxygen atoms in total. The van der Waals surface area contributed by atoms with Crippen molar-refractivity contribution < 1.29 is 14.4 Å². The maximum Gasteiger partial charge on any atom is 0.251 e. The fourth-order valence-corrected chi connectivity index (χ4v) is 6.95. The number of nitriles is 1. The van der Waals surface area contributed by atoms with Crippen molar-refractivity contribution in [3.05, 3.63) is 88.0 Å². The van der Waals surface area contributed by atoms with Crippen LogP contribution in [0.2, 0.25) is 0 Å². The number of aryl methyl sites for hydroxylation is 1. The topological polar surface area (TPSA) is 118 Å². The lowest BCUT2D eigenvalue weighted by Gasteiger charge is -2.25. The summed E-state index contributed by atoms with van der Waals surface area (Å²) in [5.74, 6) is 0.596. The number of benzene rings is 3. The molecule has 1 unspecified atom stereocenters. The van der Waals surface area contributed by atoms with Crippen LogP contribution in [0, 0.1) is 11.3 Å². The van der Waals surface area contributed by atoms with Crippen LogP contribution in [-0.2, 0) is 16.0 Å². The highest BCUT2D eigenvalue weighted by atomic mass is 32.2. The zero-order valence-corrected chi connectivity index (χ0v) is 31.4. The number of hydrogen-bond acceptors (Lipinski definition) is 7. The van der Waals surface area contributed by atoms with Crippen molar-refractivity contribution in [2.45, 2.75) is 72.8 Å². The van der Waals surface area contributed by atoms with Gasteiger partial charge in [0.15, 0.2) is 0 Å². The van der Waals surface area contributed by atoms with Crippen molar-refractivity contribution in [3.63, 3.8) is 0 Å². The largest absolute Gasteiger partial charge is 0.385 e. The van der Waals surface area contributed by atoms with Crippen LogP contribution in [0.25, 0.3) is 10.8 Å². The minimum atomic E-state index is 0.00244. The second-order valence-corrected chi connectivity index (χ2v) is 13.5. The Morgan fingerprint density at radius 2 is 1.72 bits per heavy atom. The van der Waals surface area contributed by atoms with Crippen LogP contribution in [0.15, 0.2) is 71.3 Å². The standard InChI is InChI=1S/C21H31N3O.C12H15NO.C7H8N2OS/c1-4-11-22-20-10-9-17-15-19(8-7-18(17)16-20)21(25)23-12-14-24(6-3)13-5-2;1-9(14)13-12-8-4-6-10-5-2-3-7-11(10)12;1-5(3-8)7-9(2)6(10)4-11-7/h7-10,15-16,22H,4-6,11-14H2,1-3H3,(H,23,25);2-3,5,7,12H,4,6,8H2,1H3,(H,13,14);4H2,1-2H3/b;;7-5+. The molecule has 1 atom stereocenters. The maximum atomic E-state index is 12.4. The molecule has 0 spiro atoms. The number of carbonyl (C=O) groups excluding carboxylic acids is 3. The molecule has 1 fully saturated rings. The van der Waals surface area contributed by atoms with Crippen LogP contribution >= 0.6 is 11.8 Å². The Morgan fingerprint density at radius 1 is 0.980 bits per heavy atom. The molecule has 3 aromatic rings. The van der Waals surface area contributed by atoms with Crippen molar-refractivity contribution >= 4 is 45.9 Å². The molecule has 1 aliphatic heterocycles. The molecular weight excluding hydrogens is 645 g/mol. The highest BCUT2D eigenvalue weighted by Crippen LogP contribution is 2.30. The molecule has 3 N–H and O–H groups in total. The van der Waals surface area contributed by atoms with Gasteiger partial charge in [-0.1, -0.05) is 68.9 Å². The second-order valence-electron chi connectivity index (χ2n) is 12.5. The van der Waals surface area contributed by atoms with E-state index in [1.54, 1.807) is 20.9 Å². The minimum Gasteiger partial charge on any atom is -0.385 e. The van der Waals surface area contributed by atoms with Gasteiger partial charge in [-0.05, 0) is 98.3 Å². The fraction of sp³-hybridized carbons (Fsp3) is 0.450. The second kappa shape index (κ2) is 21.0. The third-order valence-electron chi connectivity index (χ3n) is 8.63. The first-order valence-electron chi connectivity index (χ1n) is 17.7. The molecule has 0 aromatic heterocycles. The van der Waals surface area contributed by atoms with Gasteiger partial charge < -0.3 is 25.8 Å². The van der Waals surface area contributed by atoms with Gasteiger partial charge in [0.1, 0.15) is 0 Å². The third-order valence-corrected chi connectivity index (χ3v) is 9.87. The Hall–Kier alpha value is -4.33. The van der Waals surface area contributed by atoms with Gasteiger partial charge in [0, 0.05) is 44.9 Å². The molecule has 0 radical (unpaired) electrons. The molecule has 1 heterocycles. The van der Waals surface area contributed by atoms with E-state index in [0.717, 1.165) is 78.9 Å². The molecule has 1 aliphatic carbocycles. The lowest BCUT2D eigenvalue weighted by Crippen LogP contribution is -2.35. The number of rotatable bonds is 11. The van der Waals surface area contributed by atoms with Crippen molar-refractivity contribution in [3.8, 4) is 6.07 Å². The number of carbonyl (C=O) groups is 3. The van der Waals surface area contributed by atoms with E-state index in [0.29, 0.717) is 17.9 Å². The van der Waals surface area contributed by atoms with Crippen molar-refractivity contribution in [1.82, 2.24) is 20.4 Å². The summed E-state index contributed by atoms with van der Waals surface area (Å²) < 4.78 is 0. The summed E-state index contributed by atoms with van der Waals surface area (Å²) in [6.07, 6.45) is 5.62. The van der Waals surface area contributed by atoms with Crippen LogP contribution < -0.4 is 16.0 Å². The summed E-state index contributed by atoms with van der Waals surface area (Å²) in [6.45, 7) is 14.4. The lowest BCUT2D eigenvalue weighted by atomic mass is 9.88. The van der Waals surface area contributed by atoms with Gasteiger partial charge in [-0.25, -0.2) is 0 Å². The highest BCUT2D eigenvalue weighted by Gasteiger charge is 2.24. The van der Waals surface area contributed by atoms with Crippen LogP contribution in [0.1, 0.15) is 87.8 Å². The van der Waals surface area contributed by atoms with Gasteiger partial charge >= 0.3 is 0 Å². The minimum absolute atomic E-state index is 0.00244. The van der Waals surface area contributed by atoms with E-state index in [2.05, 4.69) is 78.0 Å². The van der Waals surface area contributed by atoms with Gasteiger partial charge in [0.2, 0.25) is 11.8 Å². The molecule has 0 bridgehead atoms. The molecule has 10 heteroatoms. The maximum absolute atomic E-state index is 12.4. The predicted octanol–water partition coefficient (Wildman–Crippen LogP) is 7.27. The molecular formula is C40H54N6O3S. The van der Waals surface area contributed by atoms with Crippen molar-refractivity contribution in [2.24, 2.45) is 0 Å². The molecule has 5 rings (SSSR count). The zero-order chi connectivity index (χ0) is 36.5. The van der Waals surface area contributed by atoms with Crippen molar-refractivity contribution in [1.29, 1.82) is 5.26 Å². The van der Waals surface area contributed by atoms with Crippen LogP contribution in [0.3, 0.4) is 0 Å². The van der Waals surface area contributed by atoms with Gasteiger partial charge in [-0.15, -0.1) is 0 Å². The Morgan fingerprint density at radius 3 is 2.38 bits per heavy atom. The number of nitrogens with zero attached hydrogens (tertiary/aromatic N) is 3. The van der Waals surface area contributed by atoms with E-state index in [1.807, 2.05) is 30.3 Å². The molecule has 3 aromatic carbocycles. The first-order valence-corrected chi connectivity index (χ1v) is 18.7. The number of likely N-dealkylation sites (N-methyl/N-ethyl adjacent to an activating group) is 1. The quantitative estimate of drug-likeness (QED) is 0.180. The smallest absolute Gasteiger partial charge is 0.251 e. The van der Waals surface area contributed by atoms with E-state index in [-0.39, 0.29) is 23.8 Å². The number of anilines is 1. The Balaban J connectivity index is 0.000000226. The van der Waals surface area contributed by atoms with E-state index in [1.165, 1.54) is 34.2 Å². The Labute approximate surface area is 302 Å². The Kier molecular flexibility index (Phi) is 16.9. The average Bonchev–Trinajstić information content (AvgIpc) is 3.47. The van der Waals surface area contributed by atoms with E-state index in [9.17, 15) is 14.4 Å². The lowest BCUT2D eigenvalue weighted by molar-refractivity contribution is -0.124. The summed E-state index contributed by atoms with van der Waals surface area (Å²) in [4.78, 5) is 38.2. The van der Waals surface area contributed by atoms with Gasteiger partial charge in [0.25, 0.3) is 5.91 Å². The van der Waals surface area contributed by atoms with E-state index >= 15 is 0 Å². The van der Waals surface area contributed by atoms with Gasteiger partial charge in [0.05, 0.1) is 28.5 Å². The van der Waals surface area contributed by atoms with E-state index < -0.39 is 0 Å². The number of allylic oxidation sites excluding steroid dienone is 1. The summed E-state index contributed by atoms with van der Waals surface area (Å²) in [7, 11) is 1.69. The number of fused-ring (bicyclic) bond motifs is 2. The summed E-state index contributed by atoms with van der Waals surface area (Å²) in [5, 5.41) is 21.0. The molecule has 1 saturated heterocycles. The highest BCUT2D eigenvalue weighted by molar-refractivity contribution is 8.04. The van der Waals surface area contributed by atoms with Gasteiger partial charge in [-0.3, -0.25) is 14.4 Å².